The molecule has 48 heavy (non-hydrogen) atoms. The van der Waals surface area contributed by atoms with Gasteiger partial charge in [0, 0.05) is 30.8 Å². The highest BCUT2D eigenvalue weighted by atomic mass is 32.1. The number of amides is 3. The Hall–Kier alpha value is -3.72. The van der Waals surface area contributed by atoms with Gasteiger partial charge in [-0.05, 0) is 42.5 Å². The van der Waals surface area contributed by atoms with Crippen LogP contribution in [0.5, 0.6) is 5.75 Å². The van der Waals surface area contributed by atoms with Gasteiger partial charge in [-0.3, -0.25) is 19.3 Å². The summed E-state index contributed by atoms with van der Waals surface area (Å²) in [5.74, 6) is -0.958. The maximum atomic E-state index is 14.6. The number of nitrogens with two attached hydrogens (primary N) is 1. The molecule has 4 N–H and O–H groups in total. The number of aryl methyl sites for hydroxylation is 1. The van der Waals surface area contributed by atoms with E-state index in [0.29, 0.717) is 49.8 Å². The molecule has 0 bridgehead atoms. The van der Waals surface area contributed by atoms with E-state index in [0.717, 1.165) is 21.7 Å². The Bertz CT molecular complexity index is 1580. The van der Waals surface area contributed by atoms with Gasteiger partial charge in [-0.25, -0.2) is 4.98 Å². The molecule has 12 nitrogen and oxygen atoms in total. The van der Waals surface area contributed by atoms with E-state index in [1.54, 1.807) is 22.5 Å². The number of aliphatic hydroxyl groups is 1. The molecule has 0 radical (unpaired) electrons. The van der Waals surface area contributed by atoms with Gasteiger partial charge >= 0.3 is 0 Å². The molecule has 2 aliphatic heterocycles. The zero-order valence-corrected chi connectivity index (χ0v) is 28.5. The number of ether oxygens (including phenoxy) is 3. The zero-order chi connectivity index (χ0) is 34.2. The summed E-state index contributed by atoms with van der Waals surface area (Å²) < 4.78 is 17.3. The van der Waals surface area contributed by atoms with E-state index in [2.05, 4.69) is 10.3 Å². The summed E-state index contributed by atoms with van der Waals surface area (Å²) in [5, 5.41) is 13.3. The Kier molecular flexibility index (Phi) is 12.3. The molecule has 3 atom stereocenters. The first-order valence-corrected chi connectivity index (χ1v) is 17.2. The third kappa shape index (κ3) is 8.28. The molecule has 5 rings (SSSR count). The van der Waals surface area contributed by atoms with Gasteiger partial charge in [0.1, 0.15) is 18.4 Å². The van der Waals surface area contributed by atoms with Crippen molar-refractivity contribution in [2.75, 3.05) is 46.1 Å². The van der Waals surface area contributed by atoms with E-state index >= 15 is 0 Å². The summed E-state index contributed by atoms with van der Waals surface area (Å²) in [6, 6.07) is 11.4. The number of nitrogens with zero attached hydrogens (tertiary/aromatic N) is 3. The molecule has 2 aliphatic rings. The van der Waals surface area contributed by atoms with Crippen LogP contribution in [-0.4, -0.2) is 102 Å². The molecule has 2 aromatic carbocycles. The number of rotatable bonds is 16. The number of aromatic nitrogens is 1. The second-order valence-electron chi connectivity index (χ2n) is 12.3. The lowest BCUT2D eigenvalue weighted by Gasteiger charge is -2.35. The monoisotopic (exact) mass is 679 g/mol. The Labute approximate surface area is 285 Å². The van der Waals surface area contributed by atoms with Crippen molar-refractivity contribution < 1.29 is 33.7 Å². The van der Waals surface area contributed by atoms with Gasteiger partial charge in [-0.2, -0.15) is 0 Å². The Morgan fingerprint density at radius 1 is 1.12 bits per heavy atom. The lowest BCUT2D eigenvalue weighted by atomic mass is 9.99. The average molecular weight is 680 g/mol. The summed E-state index contributed by atoms with van der Waals surface area (Å²) in [4.78, 5) is 50.4. The lowest BCUT2D eigenvalue weighted by molar-refractivity contribution is -0.151. The molecule has 258 valence electrons. The number of benzene rings is 2. The van der Waals surface area contributed by atoms with Crippen molar-refractivity contribution in [3.63, 3.8) is 0 Å². The van der Waals surface area contributed by atoms with E-state index in [1.165, 1.54) is 16.2 Å². The van der Waals surface area contributed by atoms with E-state index in [9.17, 15) is 19.5 Å². The van der Waals surface area contributed by atoms with Gasteiger partial charge in [0.05, 0.1) is 61.2 Å². The Morgan fingerprint density at radius 2 is 1.88 bits per heavy atom. The van der Waals surface area contributed by atoms with Crippen LogP contribution in [0.4, 0.5) is 0 Å². The summed E-state index contributed by atoms with van der Waals surface area (Å²) >= 11 is 1.51. The van der Waals surface area contributed by atoms with Crippen LogP contribution in [0, 0.1) is 12.8 Å². The van der Waals surface area contributed by atoms with E-state index in [1.807, 2.05) is 51.1 Å². The van der Waals surface area contributed by atoms with Crippen LogP contribution in [0.3, 0.4) is 0 Å². The maximum absolute atomic E-state index is 14.6. The highest BCUT2D eigenvalue weighted by molar-refractivity contribution is 7.13. The molecule has 3 heterocycles. The van der Waals surface area contributed by atoms with E-state index in [4.69, 9.17) is 19.9 Å². The fourth-order valence-corrected chi connectivity index (χ4v) is 6.93. The summed E-state index contributed by atoms with van der Waals surface area (Å²) in [5.41, 5.74) is 11.0. The van der Waals surface area contributed by atoms with Crippen molar-refractivity contribution in [2.24, 2.45) is 11.7 Å². The second kappa shape index (κ2) is 16.6. The standard InChI is InChI=1S/C35H45N5O7S/c1-22(2)31(39-19-25-6-4-5-7-28(25)33(39)42)35(44)40(34(43)29-17-27(41)18-37-29)20-26-9-8-24(32-23(3)38-21-48-32)16-30(26)47-15-14-46-13-12-45-11-10-36/h4-9,16,21-22,27,29,31,37,41H,10-15,17-20,36H2,1-3H3/t27-,29+,31+/m1/s1. The van der Waals surface area contributed by atoms with Crippen molar-refractivity contribution in [1.82, 2.24) is 20.1 Å². The fourth-order valence-electron chi connectivity index (χ4n) is 6.12. The summed E-state index contributed by atoms with van der Waals surface area (Å²) in [6.07, 6.45) is -0.518. The van der Waals surface area contributed by atoms with Crippen molar-refractivity contribution in [2.45, 2.75) is 58.5 Å². The number of hydrogen-bond acceptors (Lipinski definition) is 11. The smallest absolute Gasteiger partial charge is 0.255 e. The first-order chi connectivity index (χ1) is 23.2. The molecule has 3 amide bonds. The van der Waals surface area contributed by atoms with Crippen LogP contribution >= 0.6 is 11.3 Å². The molecule has 0 unspecified atom stereocenters. The number of carbonyl (C=O) groups excluding carboxylic acids is 3. The lowest BCUT2D eigenvalue weighted by Crippen LogP contribution is -2.55. The summed E-state index contributed by atoms with van der Waals surface area (Å²) in [6.45, 7) is 8.38. The fraction of sp³-hybridized carbons (Fsp3) is 0.486. The zero-order valence-electron chi connectivity index (χ0n) is 27.7. The van der Waals surface area contributed by atoms with Gasteiger partial charge in [0.25, 0.3) is 11.8 Å². The van der Waals surface area contributed by atoms with E-state index < -0.39 is 30.0 Å². The predicted molar refractivity (Wildman–Crippen MR) is 181 cm³/mol. The molecule has 1 saturated heterocycles. The molecule has 0 aliphatic carbocycles. The first-order valence-electron chi connectivity index (χ1n) is 16.4. The first kappa shape index (κ1) is 35.6. The van der Waals surface area contributed by atoms with Crippen LogP contribution in [0.15, 0.2) is 48.0 Å². The predicted octanol–water partition coefficient (Wildman–Crippen LogP) is 2.75. The van der Waals surface area contributed by atoms with Crippen molar-refractivity contribution in [3.8, 4) is 16.2 Å². The van der Waals surface area contributed by atoms with Gasteiger partial charge < -0.3 is 35.3 Å². The summed E-state index contributed by atoms with van der Waals surface area (Å²) in [7, 11) is 0. The molecule has 0 saturated carbocycles. The number of β-amino-alcohol motifs (C(OH)–C–C–N with tert-alkyl or cyclic N) is 1. The number of nitrogens with one attached hydrogen (secondary N) is 1. The van der Waals surface area contributed by atoms with Crippen molar-refractivity contribution in [3.05, 3.63) is 70.4 Å². The highest BCUT2D eigenvalue weighted by Gasteiger charge is 2.43. The molecule has 1 fully saturated rings. The van der Waals surface area contributed by atoms with Crippen LogP contribution < -0.4 is 15.8 Å². The van der Waals surface area contributed by atoms with Crippen LogP contribution in [-0.2, 0) is 32.2 Å². The maximum Gasteiger partial charge on any atom is 0.255 e. The van der Waals surface area contributed by atoms with Crippen LogP contribution in [0.25, 0.3) is 10.4 Å². The largest absolute Gasteiger partial charge is 0.491 e. The topological polar surface area (TPSA) is 157 Å². The third-order valence-corrected chi connectivity index (χ3v) is 9.51. The van der Waals surface area contributed by atoms with E-state index in [-0.39, 0.29) is 44.5 Å². The van der Waals surface area contributed by atoms with Crippen LogP contribution in [0.2, 0.25) is 0 Å². The average Bonchev–Trinajstić information content (AvgIpc) is 3.79. The van der Waals surface area contributed by atoms with Gasteiger partial charge in [-0.15, -0.1) is 11.3 Å². The number of carbonyl (C=O) groups is 3. The molecular weight excluding hydrogens is 634 g/mol. The minimum absolute atomic E-state index is 0.0881. The number of aliphatic hydroxyl groups excluding tert-OH is 1. The molecular formula is C35H45N5O7S. The Morgan fingerprint density at radius 3 is 2.54 bits per heavy atom. The van der Waals surface area contributed by atoms with Crippen molar-refractivity contribution in [1.29, 1.82) is 0 Å². The number of fused-ring (bicyclic) bond motifs is 1. The highest BCUT2D eigenvalue weighted by Crippen LogP contribution is 2.34. The third-order valence-electron chi connectivity index (χ3n) is 8.53. The van der Waals surface area contributed by atoms with Crippen LogP contribution in [0.1, 0.15) is 47.4 Å². The SMILES string of the molecule is Cc1ncsc1-c1ccc(CN(C(=O)[C@@H]2C[C@@H](O)CN2)C(=O)[C@H](C(C)C)N2Cc3ccccc3C2=O)c(OCCOCCOCCN)c1. The minimum atomic E-state index is -0.890. The second-order valence-corrected chi connectivity index (χ2v) is 13.2. The normalized spacial score (nSPS) is 18.0. The Balaban J connectivity index is 1.43. The molecule has 3 aromatic rings. The molecule has 1 aromatic heterocycles. The van der Waals surface area contributed by atoms with Gasteiger partial charge in [0.15, 0.2) is 0 Å². The van der Waals surface area contributed by atoms with Gasteiger partial charge in [0.2, 0.25) is 5.91 Å². The molecule has 13 heteroatoms. The van der Waals surface area contributed by atoms with Crippen molar-refractivity contribution >= 4 is 29.1 Å². The minimum Gasteiger partial charge on any atom is -0.491 e. The number of imide groups is 1. The van der Waals surface area contributed by atoms with Gasteiger partial charge in [-0.1, -0.05) is 44.2 Å². The number of hydrogen-bond donors (Lipinski definition) is 3. The number of thiazole rings is 1. The molecule has 0 spiro atoms. The quantitative estimate of drug-likeness (QED) is 0.193.